The van der Waals surface area contributed by atoms with E-state index < -0.39 is 0 Å². The second kappa shape index (κ2) is 8.27. The minimum absolute atomic E-state index is 0.0207. The van der Waals surface area contributed by atoms with Gasteiger partial charge in [-0.05, 0) is 71.0 Å². The van der Waals surface area contributed by atoms with Crippen molar-refractivity contribution < 1.29 is 9.59 Å². The van der Waals surface area contributed by atoms with Crippen molar-refractivity contribution in [3.63, 3.8) is 0 Å². The van der Waals surface area contributed by atoms with Crippen molar-refractivity contribution in [3.05, 3.63) is 98.6 Å². The van der Waals surface area contributed by atoms with Crippen LogP contribution in [0.15, 0.2) is 72.8 Å². The van der Waals surface area contributed by atoms with E-state index >= 15 is 0 Å². The fourth-order valence-electron chi connectivity index (χ4n) is 2.78. The summed E-state index contributed by atoms with van der Waals surface area (Å²) in [5.74, 6) is -0.231. The minimum Gasteiger partial charge on any atom is -0.321 e. The zero-order chi connectivity index (χ0) is 18.5. The van der Waals surface area contributed by atoms with Gasteiger partial charge in [0.1, 0.15) is 0 Å². The lowest BCUT2D eigenvalue weighted by Crippen LogP contribution is -2.16. The fraction of sp³-hybridized carbons (Fsp3) is 0.0909. The van der Waals surface area contributed by atoms with Crippen LogP contribution in [0.25, 0.3) is 0 Å². The Labute approximate surface area is 166 Å². The number of hydrogen-bond donors (Lipinski definition) is 1. The average Bonchev–Trinajstić information content (AvgIpc) is 2.62. The first-order chi connectivity index (χ1) is 12.5. The molecule has 3 aromatic carbocycles. The van der Waals surface area contributed by atoms with Gasteiger partial charge >= 0.3 is 0 Å². The molecule has 0 aliphatic carbocycles. The molecule has 0 aliphatic heterocycles. The van der Waals surface area contributed by atoms with Gasteiger partial charge in [-0.1, -0.05) is 42.5 Å². The lowest BCUT2D eigenvalue weighted by Gasteiger charge is -2.12. The third kappa shape index (κ3) is 4.38. The lowest BCUT2D eigenvalue weighted by molar-refractivity contribution is 0.0994. The topological polar surface area (TPSA) is 46.2 Å². The minimum atomic E-state index is -0.211. The largest absolute Gasteiger partial charge is 0.321 e. The summed E-state index contributed by atoms with van der Waals surface area (Å²) in [5, 5.41) is 2.88. The second-order valence-corrected chi connectivity index (χ2v) is 7.29. The highest BCUT2D eigenvalue weighted by atomic mass is 127. The van der Waals surface area contributed by atoms with Crippen LogP contribution in [0.1, 0.15) is 31.8 Å². The Bertz CT molecular complexity index is 966. The molecule has 0 saturated carbocycles. The number of amides is 1. The maximum Gasteiger partial charge on any atom is 0.255 e. The van der Waals surface area contributed by atoms with Gasteiger partial charge in [0.05, 0.1) is 5.69 Å². The Morgan fingerprint density at radius 1 is 0.885 bits per heavy atom. The van der Waals surface area contributed by atoms with Gasteiger partial charge in [0.15, 0.2) is 5.78 Å². The van der Waals surface area contributed by atoms with Crippen LogP contribution < -0.4 is 5.32 Å². The van der Waals surface area contributed by atoms with Crippen molar-refractivity contribution in [1.29, 1.82) is 0 Å². The van der Waals surface area contributed by atoms with Crippen LogP contribution >= 0.6 is 22.6 Å². The first-order valence-corrected chi connectivity index (χ1v) is 9.36. The number of halogens is 1. The molecule has 0 aromatic heterocycles. The highest BCUT2D eigenvalue weighted by Gasteiger charge is 2.15. The van der Waals surface area contributed by atoms with Crippen LogP contribution in [0, 0.1) is 10.5 Å². The van der Waals surface area contributed by atoms with Gasteiger partial charge in [-0.15, -0.1) is 0 Å². The van der Waals surface area contributed by atoms with E-state index in [0.29, 0.717) is 23.2 Å². The standard InChI is InChI=1S/C22H18INO2/c1-15-7-2-3-10-18(15)22(26)24-20-12-5-4-11-19(20)21(25)14-16-8-6-9-17(23)13-16/h2-13H,14H2,1H3,(H,24,26). The molecule has 0 saturated heterocycles. The highest BCUT2D eigenvalue weighted by Crippen LogP contribution is 2.20. The monoisotopic (exact) mass is 455 g/mol. The molecular weight excluding hydrogens is 437 g/mol. The molecule has 3 nitrogen and oxygen atoms in total. The number of benzene rings is 3. The normalized spacial score (nSPS) is 10.4. The van der Waals surface area contributed by atoms with Gasteiger partial charge in [0.25, 0.3) is 5.91 Å². The molecule has 3 aromatic rings. The van der Waals surface area contributed by atoms with Gasteiger partial charge in [-0.3, -0.25) is 9.59 Å². The molecule has 1 amide bonds. The number of rotatable bonds is 5. The number of carbonyl (C=O) groups excluding carboxylic acids is 2. The maximum atomic E-state index is 12.8. The van der Waals surface area contributed by atoms with E-state index in [1.54, 1.807) is 18.2 Å². The molecule has 0 aliphatic rings. The van der Waals surface area contributed by atoms with Gasteiger partial charge in [-0.25, -0.2) is 0 Å². The van der Waals surface area contributed by atoms with Crippen LogP contribution in [-0.2, 0) is 6.42 Å². The third-order valence-electron chi connectivity index (χ3n) is 4.12. The van der Waals surface area contributed by atoms with E-state index in [-0.39, 0.29) is 11.7 Å². The van der Waals surface area contributed by atoms with Crippen molar-refractivity contribution >= 4 is 40.0 Å². The Morgan fingerprint density at radius 2 is 1.58 bits per heavy atom. The summed E-state index contributed by atoms with van der Waals surface area (Å²) in [5.41, 5.74) is 3.52. The smallest absolute Gasteiger partial charge is 0.255 e. The second-order valence-electron chi connectivity index (χ2n) is 6.04. The fourth-order valence-corrected chi connectivity index (χ4v) is 3.39. The van der Waals surface area contributed by atoms with Crippen LogP contribution in [0.4, 0.5) is 5.69 Å². The molecule has 3 rings (SSSR count). The predicted molar refractivity (Wildman–Crippen MR) is 113 cm³/mol. The third-order valence-corrected chi connectivity index (χ3v) is 4.79. The lowest BCUT2D eigenvalue weighted by atomic mass is 10.0. The van der Waals surface area contributed by atoms with Crippen molar-refractivity contribution in [1.82, 2.24) is 0 Å². The van der Waals surface area contributed by atoms with E-state index in [4.69, 9.17) is 0 Å². The zero-order valence-electron chi connectivity index (χ0n) is 14.3. The van der Waals surface area contributed by atoms with Crippen molar-refractivity contribution in [3.8, 4) is 0 Å². The quantitative estimate of drug-likeness (QED) is 0.421. The van der Waals surface area contributed by atoms with E-state index in [2.05, 4.69) is 27.9 Å². The number of anilines is 1. The molecule has 4 heteroatoms. The Balaban J connectivity index is 1.83. The van der Waals surface area contributed by atoms with E-state index in [1.807, 2.05) is 61.5 Å². The summed E-state index contributed by atoms with van der Waals surface area (Å²) >= 11 is 2.23. The molecule has 26 heavy (non-hydrogen) atoms. The maximum absolute atomic E-state index is 12.8. The van der Waals surface area contributed by atoms with Crippen molar-refractivity contribution in [2.45, 2.75) is 13.3 Å². The summed E-state index contributed by atoms with van der Waals surface area (Å²) in [4.78, 5) is 25.4. The first kappa shape index (κ1) is 18.3. The number of carbonyl (C=O) groups is 2. The molecule has 0 spiro atoms. The van der Waals surface area contributed by atoms with Crippen molar-refractivity contribution in [2.75, 3.05) is 5.32 Å². The van der Waals surface area contributed by atoms with Gasteiger partial charge in [0, 0.05) is 21.1 Å². The van der Waals surface area contributed by atoms with E-state index in [9.17, 15) is 9.59 Å². The molecule has 0 heterocycles. The Morgan fingerprint density at radius 3 is 2.31 bits per heavy atom. The summed E-state index contributed by atoms with van der Waals surface area (Å²) in [6.07, 6.45) is 0.300. The summed E-state index contributed by atoms with van der Waals surface area (Å²) < 4.78 is 1.09. The number of para-hydroxylation sites is 1. The SMILES string of the molecule is Cc1ccccc1C(=O)Nc1ccccc1C(=O)Cc1cccc(I)c1. The molecule has 0 radical (unpaired) electrons. The van der Waals surface area contributed by atoms with Gasteiger partial charge in [-0.2, -0.15) is 0 Å². The molecule has 0 fully saturated rings. The molecule has 0 bridgehead atoms. The number of aryl methyl sites for hydroxylation is 1. The predicted octanol–water partition coefficient (Wildman–Crippen LogP) is 5.28. The number of Topliss-reactive ketones (excluding diaryl/α,β-unsaturated/α-hetero) is 1. The van der Waals surface area contributed by atoms with Crippen LogP contribution in [0.3, 0.4) is 0 Å². The van der Waals surface area contributed by atoms with Gasteiger partial charge < -0.3 is 5.32 Å². The summed E-state index contributed by atoms with van der Waals surface area (Å²) in [6.45, 7) is 1.89. The number of ketones is 1. The number of nitrogens with one attached hydrogen (secondary N) is 1. The summed E-state index contributed by atoms with van der Waals surface area (Å²) in [7, 11) is 0. The van der Waals surface area contributed by atoms with Crippen LogP contribution in [0.2, 0.25) is 0 Å². The molecule has 0 unspecified atom stereocenters. The molecule has 1 N–H and O–H groups in total. The van der Waals surface area contributed by atoms with Crippen LogP contribution in [-0.4, -0.2) is 11.7 Å². The van der Waals surface area contributed by atoms with E-state index in [1.165, 1.54) is 0 Å². The van der Waals surface area contributed by atoms with Crippen LogP contribution in [0.5, 0.6) is 0 Å². The zero-order valence-corrected chi connectivity index (χ0v) is 16.5. The first-order valence-electron chi connectivity index (χ1n) is 8.28. The molecule has 130 valence electrons. The molecular formula is C22H18INO2. The van der Waals surface area contributed by atoms with E-state index in [0.717, 1.165) is 14.7 Å². The molecule has 0 atom stereocenters. The number of hydrogen-bond acceptors (Lipinski definition) is 2. The highest BCUT2D eigenvalue weighted by molar-refractivity contribution is 14.1. The average molecular weight is 455 g/mol. The Hall–Kier alpha value is -2.47. The summed E-state index contributed by atoms with van der Waals surface area (Å²) in [6, 6.07) is 22.4. The van der Waals surface area contributed by atoms with Gasteiger partial charge in [0.2, 0.25) is 0 Å². The Kier molecular flexibility index (Phi) is 5.83. The van der Waals surface area contributed by atoms with Crippen molar-refractivity contribution in [2.24, 2.45) is 0 Å².